The zero-order valence-corrected chi connectivity index (χ0v) is 23.9. The van der Waals surface area contributed by atoms with E-state index in [0.29, 0.717) is 13.1 Å². The Morgan fingerprint density at radius 3 is 2.15 bits per heavy atom. The SMILES string of the molecule is CCNC(=O)NCc1ccc(C2O[C@H](CSc3ccc(NC(C)=O)cc3)[C@H](C)[C@H](c3ccc(CO)cc3)O2)cc1. The molecule has 1 aliphatic heterocycles. The first-order valence-electron chi connectivity index (χ1n) is 13.5. The number of nitrogens with one attached hydrogen (secondary N) is 3. The molecule has 0 spiro atoms. The fourth-order valence-electron chi connectivity index (χ4n) is 4.52. The number of carbonyl (C=O) groups excluding carboxylic acids is 2. The van der Waals surface area contributed by atoms with Crippen LogP contribution in [0, 0.1) is 5.92 Å². The van der Waals surface area contributed by atoms with Crippen molar-refractivity contribution in [3.05, 3.63) is 95.1 Å². The largest absolute Gasteiger partial charge is 0.392 e. The number of amides is 3. The number of hydrogen-bond acceptors (Lipinski definition) is 6. The maximum Gasteiger partial charge on any atom is 0.315 e. The lowest BCUT2D eigenvalue weighted by Gasteiger charge is -2.41. The Kier molecular flexibility index (Phi) is 10.6. The van der Waals surface area contributed by atoms with Gasteiger partial charge in [0.25, 0.3) is 0 Å². The maximum atomic E-state index is 11.7. The molecule has 0 aliphatic carbocycles. The maximum absolute atomic E-state index is 11.7. The van der Waals surface area contributed by atoms with Crippen LogP contribution in [0.3, 0.4) is 0 Å². The molecule has 0 aromatic heterocycles. The molecule has 4 N–H and O–H groups in total. The van der Waals surface area contributed by atoms with Gasteiger partial charge in [0.15, 0.2) is 6.29 Å². The molecule has 1 unspecified atom stereocenters. The van der Waals surface area contributed by atoms with Crippen molar-refractivity contribution in [1.82, 2.24) is 10.6 Å². The van der Waals surface area contributed by atoms with Crippen LogP contribution in [0.25, 0.3) is 0 Å². The van der Waals surface area contributed by atoms with E-state index in [1.165, 1.54) is 6.92 Å². The Bertz CT molecular complexity index is 1250. The minimum atomic E-state index is -0.558. The Balaban J connectivity index is 1.49. The zero-order chi connectivity index (χ0) is 28.5. The summed E-state index contributed by atoms with van der Waals surface area (Å²) in [6.07, 6.45) is -0.851. The van der Waals surface area contributed by atoms with Crippen LogP contribution < -0.4 is 16.0 Å². The van der Waals surface area contributed by atoms with Crippen LogP contribution in [0.5, 0.6) is 0 Å². The fraction of sp³-hybridized carbons (Fsp3) is 0.355. The molecule has 3 aromatic rings. The normalized spacial score (nSPS) is 20.5. The van der Waals surface area contributed by atoms with Gasteiger partial charge in [0.05, 0.1) is 18.8 Å². The number of thioether (sulfide) groups is 1. The Hall–Kier alpha value is -3.37. The number of anilines is 1. The van der Waals surface area contributed by atoms with Crippen molar-refractivity contribution in [3.8, 4) is 0 Å². The van der Waals surface area contributed by atoms with Gasteiger partial charge in [-0.25, -0.2) is 4.79 Å². The molecule has 8 nitrogen and oxygen atoms in total. The molecule has 4 atom stereocenters. The molecule has 0 bridgehead atoms. The van der Waals surface area contributed by atoms with Crippen molar-refractivity contribution in [2.75, 3.05) is 17.6 Å². The second-order valence-corrected chi connectivity index (χ2v) is 10.9. The minimum Gasteiger partial charge on any atom is -0.392 e. The molecule has 1 aliphatic rings. The third-order valence-electron chi connectivity index (χ3n) is 6.75. The van der Waals surface area contributed by atoms with E-state index in [1.807, 2.05) is 79.7 Å². The molecule has 4 rings (SSSR count). The summed E-state index contributed by atoms with van der Waals surface area (Å²) < 4.78 is 13.1. The van der Waals surface area contributed by atoms with E-state index >= 15 is 0 Å². The van der Waals surface area contributed by atoms with E-state index in [9.17, 15) is 14.7 Å². The number of urea groups is 1. The van der Waals surface area contributed by atoms with E-state index in [1.54, 1.807) is 11.8 Å². The molecule has 1 fully saturated rings. The molecule has 3 amide bonds. The van der Waals surface area contributed by atoms with Gasteiger partial charge in [-0.15, -0.1) is 11.8 Å². The smallest absolute Gasteiger partial charge is 0.315 e. The summed E-state index contributed by atoms with van der Waals surface area (Å²) in [5, 5.41) is 17.8. The van der Waals surface area contributed by atoms with Crippen molar-refractivity contribution in [2.24, 2.45) is 5.92 Å². The molecule has 1 heterocycles. The molecule has 1 saturated heterocycles. The van der Waals surface area contributed by atoms with E-state index in [-0.39, 0.29) is 36.7 Å². The van der Waals surface area contributed by atoms with Gasteiger partial charge in [0.2, 0.25) is 5.91 Å². The number of rotatable bonds is 10. The average Bonchev–Trinajstić information content (AvgIpc) is 2.96. The van der Waals surface area contributed by atoms with Crippen LogP contribution in [0.15, 0.2) is 77.7 Å². The van der Waals surface area contributed by atoms with Gasteiger partial charge in [-0.1, -0.05) is 55.5 Å². The van der Waals surface area contributed by atoms with Gasteiger partial charge < -0.3 is 30.5 Å². The first kappa shape index (κ1) is 29.6. The van der Waals surface area contributed by atoms with Gasteiger partial charge >= 0.3 is 6.03 Å². The van der Waals surface area contributed by atoms with Crippen molar-refractivity contribution in [1.29, 1.82) is 0 Å². The average molecular weight is 564 g/mol. The third kappa shape index (κ3) is 8.08. The predicted molar refractivity (Wildman–Crippen MR) is 157 cm³/mol. The number of aliphatic hydroxyl groups is 1. The van der Waals surface area contributed by atoms with Gasteiger partial charge in [0, 0.05) is 47.8 Å². The summed E-state index contributed by atoms with van der Waals surface area (Å²) in [5.41, 5.74) is 4.54. The third-order valence-corrected chi connectivity index (χ3v) is 7.86. The Morgan fingerprint density at radius 2 is 1.52 bits per heavy atom. The summed E-state index contributed by atoms with van der Waals surface area (Å²) in [6, 6.07) is 23.4. The van der Waals surface area contributed by atoms with Gasteiger partial charge in [-0.2, -0.15) is 0 Å². The Morgan fingerprint density at radius 1 is 0.875 bits per heavy atom. The van der Waals surface area contributed by atoms with Gasteiger partial charge in [-0.05, 0) is 47.9 Å². The van der Waals surface area contributed by atoms with Crippen LogP contribution in [-0.4, -0.2) is 35.4 Å². The number of aliphatic hydroxyl groups excluding tert-OH is 1. The molecular weight excluding hydrogens is 526 g/mol. The highest BCUT2D eigenvalue weighted by molar-refractivity contribution is 7.99. The molecule has 0 radical (unpaired) electrons. The zero-order valence-electron chi connectivity index (χ0n) is 23.1. The monoisotopic (exact) mass is 563 g/mol. The summed E-state index contributed by atoms with van der Waals surface area (Å²) in [4.78, 5) is 24.1. The second-order valence-electron chi connectivity index (χ2n) is 9.79. The van der Waals surface area contributed by atoms with E-state index in [4.69, 9.17) is 9.47 Å². The van der Waals surface area contributed by atoms with Crippen molar-refractivity contribution in [2.45, 2.75) is 57.3 Å². The van der Waals surface area contributed by atoms with Crippen LogP contribution in [0.4, 0.5) is 10.5 Å². The van der Waals surface area contributed by atoms with Crippen molar-refractivity contribution in [3.63, 3.8) is 0 Å². The predicted octanol–water partition coefficient (Wildman–Crippen LogP) is 5.54. The highest BCUT2D eigenvalue weighted by Gasteiger charge is 2.38. The lowest BCUT2D eigenvalue weighted by molar-refractivity contribution is -0.268. The summed E-state index contributed by atoms with van der Waals surface area (Å²) in [5.74, 6) is 0.698. The van der Waals surface area contributed by atoms with Crippen LogP contribution >= 0.6 is 11.8 Å². The number of ether oxygens (including phenoxy) is 2. The standard InChI is InChI=1S/C31H37N3O5S/c1-4-32-31(37)33-17-22-5-11-25(12-6-22)30-38-28(19-40-27-15-13-26(14-16-27)34-21(3)36)20(2)29(39-30)24-9-7-23(18-35)8-10-24/h5-16,20,28-30,35H,4,17-19H2,1-3H3,(H,34,36)(H2,32,33,37)/t20-,28+,29+,30?/m0/s1. The molecule has 9 heteroatoms. The van der Waals surface area contributed by atoms with E-state index in [2.05, 4.69) is 22.9 Å². The quantitative estimate of drug-likeness (QED) is 0.241. The summed E-state index contributed by atoms with van der Waals surface area (Å²) in [6.45, 7) is 6.51. The van der Waals surface area contributed by atoms with Crippen LogP contribution in [0.2, 0.25) is 0 Å². The highest BCUT2D eigenvalue weighted by atomic mass is 32.2. The Labute approximate surface area is 239 Å². The summed E-state index contributed by atoms with van der Waals surface area (Å²) in [7, 11) is 0. The minimum absolute atomic E-state index is 0.00556. The van der Waals surface area contributed by atoms with Crippen LogP contribution in [-0.2, 0) is 27.4 Å². The first-order chi connectivity index (χ1) is 19.4. The number of benzene rings is 3. The van der Waals surface area contributed by atoms with Gasteiger partial charge in [-0.3, -0.25) is 4.79 Å². The van der Waals surface area contributed by atoms with E-state index < -0.39 is 6.29 Å². The molecular formula is C31H37N3O5S. The topological polar surface area (TPSA) is 109 Å². The fourth-order valence-corrected chi connectivity index (χ4v) is 5.59. The van der Waals surface area contributed by atoms with Crippen molar-refractivity contribution < 1.29 is 24.2 Å². The molecule has 212 valence electrons. The van der Waals surface area contributed by atoms with Crippen LogP contribution in [0.1, 0.15) is 55.4 Å². The second kappa shape index (κ2) is 14.3. The van der Waals surface area contributed by atoms with Crippen molar-refractivity contribution >= 4 is 29.4 Å². The number of hydrogen-bond donors (Lipinski definition) is 4. The molecule has 3 aromatic carbocycles. The first-order valence-corrected chi connectivity index (χ1v) is 14.5. The van der Waals surface area contributed by atoms with E-state index in [0.717, 1.165) is 38.6 Å². The lowest BCUT2D eigenvalue weighted by Crippen LogP contribution is -2.38. The summed E-state index contributed by atoms with van der Waals surface area (Å²) >= 11 is 1.70. The lowest BCUT2D eigenvalue weighted by atomic mass is 9.91. The molecule has 0 saturated carbocycles. The van der Waals surface area contributed by atoms with Gasteiger partial charge in [0.1, 0.15) is 0 Å². The molecule has 40 heavy (non-hydrogen) atoms. The highest BCUT2D eigenvalue weighted by Crippen LogP contribution is 2.43. The number of carbonyl (C=O) groups is 2.